The third kappa shape index (κ3) is 3.19. The van der Waals surface area contributed by atoms with E-state index in [1.807, 2.05) is 13.0 Å². The maximum Gasteiger partial charge on any atom is 0.138 e. The SMILES string of the molecule is Cc1ccc(O)c(CNC(C)C2CCCC2)n1. The van der Waals surface area contributed by atoms with E-state index in [4.69, 9.17) is 0 Å². The number of hydrogen-bond donors (Lipinski definition) is 2. The van der Waals surface area contributed by atoms with Crippen molar-refractivity contribution in [3.8, 4) is 5.75 Å². The van der Waals surface area contributed by atoms with Crippen molar-refractivity contribution < 1.29 is 5.11 Å². The summed E-state index contributed by atoms with van der Waals surface area (Å²) in [7, 11) is 0. The quantitative estimate of drug-likeness (QED) is 0.842. The zero-order valence-electron chi connectivity index (χ0n) is 10.7. The van der Waals surface area contributed by atoms with Crippen LogP contribution in [-0.2, 0) is 6.54 Å². The van der Waals surface area contributed by atoms with Crippen molar-refractivity contribution >= 4 is 0 Å². The molecule has 0 amide bonds. The number of nitrogens with one attached hydrogen (secondary N) is 1. The molecule has 1 unspecified atom stereocenters. The normalized spacial score (nSPS) is 18.5. The minimum atomic E-state index is 0.293. The molecule has 0 saturated heterocycles. The number of pyridine rings is 1. The summed E-state index contributed by atoms with van der Waals surface area (Å²) in [5.41, 5.74) is 1.71. The molecule has 1 aromatic heterocycles. The van der Waals surface area contributed by atoms with Gasteiger partial charge in [0.25, 0.3) is 0 Å². The summed E-state index contributed by atoms with van der Waals surface area (Å²) in [6, 6.07) is 4.07. The number of aromatic hydroxyl groups is 1. The molecule has 2 N–H and O–H groups in total. The molecule has 1 fully saturated rings. The van der Waals surface area contributed by atoms with Crippen molar-refractivity contribution in [2.45, 2.75) is 52.1 Å². The third-order valence-electron chi connectivity index (χ3n) is 3.79. The van der Waals surface area contributed by atoms with E-state index < -0.39 is 0 Å². The van der Waals surface area contributed by atoms with Gasteiger partial charge in [0, 0.05) is 18.3 Å². The number of aromatic nitrogens is 1. The second kappa shape index (κ2) is 5.50. The molecule has 2 rings (SSSR count). The van der Waals surface area contributed by atoms with Crippen molar-refractivity contribution in [2.75, 3.05) is 0 Å². The zero-order valence-corrected chi connectivity index (χ0v) is 10.7. The molecule has 0 aliphatic heterocycles. The number of rotatable bonds is 4. The first-order chi connectivity index (χ1) is 8.16. The Morgan fingerprint density at radius 1 is 1.41 bits per heavy atom. The minimum Gasteiger partial charge on any atom is -0.506 e. The highest BCUT2D eigenvalue weighted by Crippen LogP contribution is 2.27. The summed E-state index contributed by atoms with van der Waals surface area (Å²) in [6.07, 6.45) is 5.40. The first kappa shape index (κ1) is 12.4. The monoisotopic (exact) mass is 234 g/mol. The van der Waals surface area contributed by atoms with Gasteiger partial charge in [-0.05, 0) is 44.7 Å². The molecular weight excluding hydrogens is 212 g/mol. The smallest absolute Gasteiger partial charge is 0.138 e. The van der Waals surface area contributed by atoms with Crippen molar-refractivity contribution in [3.05, 3.63) is 23.5 Å². The Labute approximate surface area is 103 Å². The van der Waals surface area contributed by atoms with Crippen LogP contribution in [0.2, 0.25) is 0 Å². The standard InChI is InChI=1S/C14H22N2O/c1-10-7-8-14(17)13(16-10)9-15-11(2)12-5-3-4-6-12/h7-8,11-12,15,17H,3-6,9H2,1-2H3. The first-order valence-electron chi connectivity index (χ1n) is 6.55. The lowest BCUT2D eigenvalue weighted by molar-refractivity contribution is 0.373. The highest BCUT2D eigenvalue weighted by Gasteiger charge is 2.21. The van der Waals surface area contributed by atoms with Gasteiger partial charge in [-0.1, -0.05) is 12.8 Å². The van der Waals surface area contributed by atoms with Gasteiger partial charge in [-0.15, -0.1) is 0 Å². The molecule has 1 aromatic rings. The Balaban J connectivity index is 1.90. The molecule has 1 aliphatic carbocycles. The predicted octanol–water partition coefficient (Wildman–Crippen LogP) is 2.76. The van der Waals surface area contributed by atoms with Crippen LogP contribution in [0, 0.1) is 12.8 Å². The molecule has 17 heavy (non-hydrogen) atoms. The molecule has 3 nitrogen and oxygen atoms in total. The Hall–Kier alpha value is -1.09. The van der Waals surface area contributed by atoms with E-state index >= 15 is 0 Å². The highest BCUT2D eigenvalue weighted by atomic mass is 16.3. The van der Waals surface area contributed by atoms with E-state index in [1.54, 1.807) is 6.07 Å². The molecule has 1 heterocycles. The molecule has 94 valence electrons. The summed E-state index contributed by atoms with van der Waals surface area (Å²) in [6.45, 7) is 4.84. The van der Waals surface area contributed by atoms with Crippen LogP contribution in [0.15, 0.2) is 12.1 Å². The van der Waals surface area contributed by atoms with Gasteiger partial charge >= 0.3 is 0 Å². The Morgan fingerprint density at radius 2 is 2.12 bits per heavy atom. The van der Waals surface area contributed by atoms with Crippen LogP contribution in [0.5, 0.6) is 5.75 Å². The van der Waals surface area contributed by atoms with E-state index in [0.29, 0.717) is 18.3 Å². The molecule has 0 aromatic carbocycles. The lowest BCUT2D eigenvalue weighted by Gasteiger charge is -2.20. The third-order valence-corrected chi connectivity index (χ3v) is 3.79. The molecule has 0 spiro atoms. The highest BCUT2D eigenvalue weighted by molar-refractivity contribution is 5.27. The summed E-state index contributed by atoms with van der Waals surface area (Å²) < 4.78 is 0. The number of nitrogens with zero attached hydrogens (tertiary/aromatic N) is 1. The van der Waals surface area contributed by atoms with Crippen LogP contribution >= 0.6 is 0 Å². The lowest BCUT2D eigenvalue weighted by atomic mass is 10.00. The van der Waals surface area contributed by atoms with Crippen LogP contribution in [-0.4, -0.2) is 16.1 Å². The molecule has 1 aliphatic rings. The minimum absolute atomic E-state index is 0.293. The van der Waals surface area contributed by atoms with Crippen molar-refractivity contribution in [1.82, 2.24) is 10.3 Å². The Morgan fingerprint density at radius 3 is 2.82 bits per heavy atom. The van der Waals surface area contributed by atoms with Gasteiger partial charge < -0.3 is 10.4 Å². The first-order valence-corrected chi connectivity index (χ1v) is 6.55. The van der Waals surface area contributed by atoms with E-state index in [2.05, 4.69) is 17.2 Å². The summed E-state index contributed by atoms with van der Waals surface area (Å²) >= 11 is 0. The molecular formula is C14H22N2O. The fourth-order valence-corrected chi connectivity index (χ4v) is 2.61. The van der Waals surface area contributed by atoms with Crippen molar-refractivity contribution in [3.63, 3.8) is 0 Å². The van der Waals surface area contributed by atoms with Crippen molar-refractivity contribution in [2.24, 2.45) is 5.92 Å². The number of aryl methyl sites for hydroxylation is 1. The van der Waals surface area contributed by atoms with Gasteiger partial charge in [-0.3, -0.25) is 4.98 Å². The lowest BCUT2D eigenvalue weighted by Crippen LogP contribution is -2.32. The van der Waals surface area contributed by atoms with Crippen molar-refractivity contribution in [1.29, 1.82) is 0 Å². The molecule has 1 atom stereocenters. The topological polar surface area (TPSA) is 45.1 Å². The van der Waals surface area contributed by atoms with Gasteiger partial charge in [0.05, 0.1) is 5.69 Å². The fraction of sp³-hybridized carbons (Fsp3) is 0.643. The van der Waals surface area contributed by atoms with Crippen LogP contribution < -0.4 is 5.32 Å². The second-order valence-electron chi connectivity index (χ2n) is 5.13. The van der Waals surface area contributed by atoms with Crippen LogP contribution in [0.4, 0.5) is 0 Å². The Bertz CT molecular complexity index is 372. The summed E-state index contributed by atoms with van der Waals surface area (Å²) in [5.74, 6) is 1.09. The van der Waals surface area contributed by atoms with E-state index in [0.717, 1.165) is 17.3 Å². The molecule has 0 radical (unpaired) electrons. The van der Waals surface area contributed by atoms with Crippen LogP contribution in [0.3, 0.4) is 0 Å². The summed E-state index contributed by atoms with van der Waals surface area (Å²) in [5, 5.41) is 13.2. The average Bonchev–Trinajstić information content (AvgIpc) is 2.83. The second-order valence-corrected chi connectivity index (χ2v) is 5.13. The number of hydrogen-bond acceptors (Lipinski definition) is 3. The van der Waals surface area contributed by atoms with Gasteiger partial charge in [0.2, 0.25) is 0 Å². The fourth-order valence-electron chi connectivity index (χ4n) is 2.61. The molecule has 1 saturated carbocycles. The van der Waals surface area contributed by atoms with Crippen LogP contribution in [0.25, 0.3) is 0 Å². The van der Waals surface area contributed by atoms with Gasteiger partial charge in [0.15, 0.2) is 0 Å². The maximum atomic E-state index is 9.71. The van der Waals surface area contributed by atoms with Gasteiger partial charge in [-0.2, -0.15) is 0 Å². The Kier molecular flexibility index (Phi) is 4.00. The van der Waals surface area contributed by atoms with Crippen LogP contribution in [0.1, 0.15) is 44.0 Å². The summed E-state index contributed by atoms with van der Waals surface area (Å²) in [4.78, 5) is 4.36. The zero-order chi connectivity index (χ0) is 12.3. The average molecular weight is 234 g/mol. The largest absolute Gasteiger partial charge is 0.506 e. The van der Waals surface area contributed by atoms with Gasteiger partial charge in [-0.25, -0.2) is 0 Å². The van der Waals surface area contributed by atoms with E-state index in [-0.39, 0.29) is 0 Å². The maximum absolute atomic E-state index is 9.71. The molecule has 3 heteroatoms. The van der Waals surface area contributed by atoms with E-state index in [1.165, 1.54) is 25.7 Å². The predicted molar refractivity (Wildman–Crippen MR) is 68.9 cm³/mol. The van der Waals surface area contributed by atoms with Gasteiger partial charge in [0.1, 0.15) is 5.75 Å². The van der Waals surface area contributed by atoms with E-state index in [9.17, 15) is 5.11 Å². The molecule has 0 bridgehead atoms.